The summed E-state index contributed by atoms with van der Waals surface area (Å²) in [6.45, 7) is 1.18. The maximum absolute atomic E-state index is 12.2. The first kappa shape index (κ1) is 18.9. The molecular formula is C17H11Cl3N2O3S. The van der Waals surface area contributed by atoms with Gasteiger partial charge < -0.3 is 10.1 Å². The van der Waals surface area contributed by atoms with Crippen LogP contribution in [-0.4, -0.2) is 23.5 Å². The molecule has 0 radical (unpaired) electrons. The average Bonchev–Trinajstić information content (AvgIpc) is 2.95. The van der Waals surface area contributed by atoms with Gasteiger partial charge in [0.15, 0.2) is 12.4 Å². The van der Waals surface area contributed by atoms with E-state index in [9.17, 15) is 9.59 Å². The van der Waals surface area contributed by atoms with Crippen molar-refractivity contribution in [1.29, 1.82) is 0 Å². The van der Waals surface area contributed by atoms with Gasteiger partial charge in [-0.2, -0.15) is 0 Å². The number of carbonyl (C=O) groups excluding carboxylic acids is 2. The number of carbonyl (C=O) groups is 2. The van der Waals surface area contributed by atoms with Gasteiger partial charge in [0.25, 0.3) is 5.91 Å². The summed E-state index contributed by atoms with van der Waals surface area (Å²) in [6, 6.07) is 8.82. The Balaban J connectivity index is 1.66. The highest BCUT2D eigenvalue weighted by Crippen LogP contribution is 2.35. The fourth-order valence-electron chi connectivity index (χ4n) is 2.16. The number of thiophene rings is 1. The summed E-state index contributed by atoms with van der Waals surface area (Å²) in [7, 11) is 0. The summed E-state index contributed by atoms with van der Waals surface area (Å²) in [5.41, 5.74) is 0.514. The molecule has 134 valence electrons. The molecule has 9 heteroatoms. The number of rotatable bonds is 4. The number of amides is 1. The van der Waals surface area contributed by atoms with E-state index in [1.54, 1.807) is 6.92 Å². The molecule has 3 rings (SSSR count). The molecule has 0 atom stereocenters. The fraction of sp³-hybridized carbons (Fsp3) is 0.118. The van der Waals surface area contributed by atoms with Crippen LogP contribution in [0.15, 0.2) is 30.3 Å². The predicted octanol–water partition coefficient (Wildman–Crippen LogP) is 5.36. The van der Waals surface area contributed by atoms with Crippen LogP contribution < -0.4 is 5.32 Å². The molecule has 5 nitrogen and oxygen atoms in total. The Morgan fingerprint density at radius 3 is 2.65 bits per heavy atom. The van der Waals surface area contributed by atoms with Gasteiger partial charge in [0.1, 0.15) is 4.88 Å². The topological polar surface area (TPSA) is 68.3 Å². The van der Waals surface area contributed by atoms with E-state index in [-0.39, 0.29) is 15.7 Å². The number of nitrogens with one attached hydrogen (secondary N) is 1. The molecule has 3 aromatic rings. The van der Waals surface area contributed by atoms with Gasteiger partial charge in [-0.05, 0) is 19.1 Å². The van der Waals surface area contributed by atoms with Crippen LogP contribution in [0.5, 0.6) is 0 Å². The molecule has 1 amide bonds. The Hall–Kier alpha value is -1.86. The van der Waals surface area contributed by atoms with Gasteiger partial charge in [-0.3, -0.25) is 4.79 Å². The van der Waals surface area contributed by atoms with Gasteiger partial charge in [-0.25, -0.2) is 9.78 Å². The first-order chi connectivity index (χ1) is 12.4. The van der Waals surface area contributed by atoms with Gasteiger partial charge in [0, 0.05) is 10.1 Å². The van der Waals surface area contributed by atoms with E-state index in [1.807, 2.05) is 24.3 Å². The molecule has 1 N–H and O–H groups in total. The number of halogens is 3. The van der Waals surface area contributed by atoms with E-state index in [2.05, 4.69) is 10.3 Å². The van der Waals surface area contributed by atoms with E-state index >= 15 is 0 Å². The van der Waals surface area contributed by atoms with Crippen LogP contribution >= 0.6 is 46.1 Å². The molecule has 1 aromatic carbocycles. The van der Waals surface area contributed by atoms with E-state index in [1.165, 1.54) is 17.4 Å². The number of hydrogen-bond acceptors (Lipinski definition) is 5. The molecule has 0 aliphatic rings. The number of nitrogens with zero attached hydrogens (tertiary/aromatic N) is 1. The zero-order valence-corrected chi connectivity index (χ0v) is 16.4. The van der Waals surface area contributed by atoms with Crippen molar-refractivity contribution >= 4 is 73.9 Å². The Kier molecular flexibility index (Phi) is 5.67. The van der Waals surface area contributed by atoms with Crippen LogP contribution in [0.3, 0.4) is 0 Å². The van der Waals surface area contributed by atoms with Gasteiger partial charge in [-0.15, -0.1) is 11.3 Å². The van der Waals surface area contributed by atoms with E-state index in [4.69, 9.17) is 39.5 Å². The third-order valence-electron chi connectivity index (χ3n) is 3.42. The standard InChI is InChI=1S/C17H11Cl3N2O3S/c1-8-10(18)6-11(19)16(21-8)22-13(23)7-25-17(24)15-14(20)9-4-2-3-5-12(9)26-15/h2-6H,7H2,1H3,(H,21,22,23). The number of pyridine rings is 1. The van der Waals surface area contributed by atoms with Gasteiger partial charge in [0.2, 0.25) is 0 Å². The highest BCUT2D eigenvalue weighted by molar-refractivity contribution is 7.21. The number of anilines is 1. The largest absolute Gasteiger partial charge is 0.451 e. The molecule has 2 aromatic heterocycles. The molecule has 0 aliphatic heterocycles. The third-order valence-corrected chi connectivity index (χ3v) is 5.74. The van der Waals surface area contributed by atoms with Crippen molar-refractivity contribution in [2.75, 3.05) is 11.9 Å². The first-order valence-corrected chi connectivity index (χ1v) is 9.28. The minimum absolute atomic E-state index is 0.148. The molecule has 0 unspecified atom stereocenters. The molecule has 0 fully saturated rings. The lowest BCUT2D eigenvalue weighted by atomic mass is 10.2. The lowest BCUT2D eigenvalue weighted by molar-refractivity contribution is -0.119. The monoisotopic (exact) mass is 428 g/mol. The number of benzene rings is 1. The van der Waals surface area contributed by atoms with E-state index in [0.717, 1.165) is 10.1 Å². The van der Waals surface area contributed by atoms with Gasteiger partial charge in [0.05, 0.1) is 20.8 Å². The van der Waals surface area contributed by atoms with Gasteiger partial charge >= 0.3 is 5.97 Å². The minimum atomic E-state index is -0.669. The predicted molar refractivity (Wildman–Crippen MR) is 105 cm³/mol. The number of aryl methyl sites for hydroxylation is 1. The second kappa shape index (κ2) is 7.80. The lowest BCUT2D eigenvalue weighted by Gasteiger charge is -2.08. The van der Waals surface area contributed by atoms with Gasteiger partial charge in [-0.1, -0.05) is 53.0 Å². The smallest absolute Gasteiger partial charge is 0.350 e. The average molecular weight is 430 g/mol. The maximum Gasteiger partial charge on any atom is 0.350 e. The van der Waals surface area contributed by atoms with Crippen LogP contribution in [0.1, 0.15) is 15.4 Å². The van der Waals surface area contributed by atoms with Crippen molar-refractivity contribution in [2.45, 2.75) is 6.92 Å². The summed E-state index contributed by atoms with van der Waals surface area (Å²) < 4.78 is 5.91. The highest BCUT2D eigenvalue weighted by atomic mass is 35.5. The number of hydrogen-bond donors (Lipinski definition) is 1. The molecule has 0 saturated carbocycles. The number of fused-ring (bicyclic) bond motifs is 1. The molecular weight excluding hydrogens is 419 g/mol. The van der Waals surface area contributed by atoms with Crippen molar-refractivity contribution in [3.63, 3.8) is 0 Å². The van der Waals surface area contributed by atoms with Crippen molar-refractivity contribution in [2.24, 2.45) is 0 Å². The molecule has 0 saturated heterocycles. The quantitative estimate of drug-likeness (QED) is 0.567. The Morgan fingerprint density at radius 2 is 1.92 bits per heavy atom. The summed E-state index contributed by atoms with van der Waals surface area (Å²) in [6.07, 6.45) is 0. The van der Waals surface area contributed by atoms with Crippen LogP contribution in [-0.2, 0) is 9.53 Å². The zero-order chi connectivity index (χ0) is 18.8. The highest BCUT2D eigenvalue weighted by Gasteiger charge is 2.19. The molecule has 0 spiro atoms. The fourth-order valence-corrected chi connectivity index (χ4v) is 3.96. The summed E-state index contributed by atoms with van der Waals surface area (Å²) in [5.74, 6) is -1.10. The zero-order valence-electron chi connectivity index (χ0n) is 13.3. The third kappa shape index (κ3) is 3.94. The first-order valence-electron chi connectivity index (χ1n) is 7.33. The maximum atomic E-state index is 12.2. The van der Waals surface area contributed by atoms with Crippen LogP contribution in [0, 0.1) is 6.92 Å². The lowest BCUT2D eigenvalue weighted by Crippen LogP contribution is -2.21. The second-order valence-electron chi connectivity index (χ2n) is 5.25. The minimum Gasteiger partial charge on any atom is -0.451 e. The van der Waals surface area contributed by atoms with Crippen molar-refractivity contribution in [3.05, 3.63) is 56.0 Å². The number of esters is 1. The Labute approximate surface area is 167 Å². The summed E-state index contributed by atoms with van der Waals surface area (Å²) in [5, 5.41) is 4.14. The number of aromatic nitrogens is 1. The normalized spacial score (nSPS) is 10.8. The Morgan fingerprint density at radius 1 is 1.19 bits per heavy atom. The molecule has 26 heavy (non-hydrogen) atoms. The Bertz CT molecular complexity index is 1020. The SMILES string of the molecule is Cc1nc(NC(=O)COC(=O)c2sc3ccccc3c2Cl)c(Cl)cc1Cl. The van der Waals surface area contributed by atoms with Crippen molar-refractivity contribution < 1.29 is 14.3 Å². The molecule has 0 aliphatic carbocycles. The van der Waals surface area contributed by atoms with E-state index < -0.39 is 18.5 Å². The van der Waals surface area contributed by atoms with Crippen molar-refractivity contribution in [1.82, 2.24) is 4.98 Å². The second-order valence-corrected chi connectivity index (χ2v) is 7.50. The van der Waals surface area contributed by atoms with Crippen LogP contribution in [0.25, 0.3) is 10.1 Å². The molecule has 2 heterocycles. The number of ether oxygens (including phenoxy) is 1. The van der Waals surface area contributed by atoms with E-state index in [0.29, 0.717) is 15.7 Å². The van der Waals surface area contributed by atoms with Crippen LogP contribution in [0.4, 0.5) is 5.82 Å². The van der Waals surface area contributed by atoms with Crippen LogP contribution in [0.2, 0.25) is 15.1 Å². The summed E-state index contributed by atoms with van der Waals surface area (Å²) >= 11 is 19.3. The summed E-state index contributed by atoms with van der Waals surface area (Å²) in [4.78, 5) is 28.6. The molecule has 0 bridgehead atoms. The van der Waals surface area contributed by atoms with Crippen molar-refractivity contribution in [3.8, 4) is 0 Å².